The van der Waals surface area contributed by atoms with Crippen LogP contribution in [0.1, 0.15) is 12.0 Å². The largest absolute Gasteiger partial charge is 0.492 e. The van der Waals surface area contributed by atoms with E-state index in [1.54, 1.807) is 0 Å². The Bertz CT molecular complexity index is 351. The Kier molecular flexibility index (Phi) is 4.21. The van der Waals surface area contributed by atoms with Crippen molar-refractivity contribution in [3.05, 3.63) is 28.2 Å². The molecule has 2 N–H and O–H groups in total. The summed E-state index contributed by atoms with van der Waals surface area (Å²) in [5, 5.41) is 0. The molecule has 0 aromatic heterocycles. The molecule has 0 bridgehead atoms. The van der Waals surface area contributed by atoms with E-state index in [9.17, 15) is 0 Å². The van der Waals surface area contributed by atoms with Crippen LogP contribution in [0.15, 0.2) is 22.7 Å². The van der Waals surface area contributed by atoms with Gasteiger partial charge in [-0.25, -0.2) is 0 Å². The van der Waals surface area contributed by atoms with Crippen LogP contribution in [-0.4, -0.2) is 19.8 Å². The van der Waals surface area contributed by atoms with Gasteiger partial charge in [0, 0.05) is 24.6 Å². The number of hydrogen-bond acceptors (Lipinski definition) is 3. The number of nitrogens with two attached hydrogens (primary N) is 1. The monoisotopic (exact) mass is 285 g/mol. The molecule has 1 aliphatic heterocycles. The number of ether oxygens (including phenoxy) is 2. The summed E-state index contributed by atoms with van der Waals surface area (Å²) in [5.41, 5.74) is 6.71. The molecule has 0 amide bonds. The first kappa shape index (κ1) is 11.9. The fraction of sp³-hybridized carbons (Fsp3) is 0.500. The summed E-state index contributed by atoms with van der Waals surface area (Å²) in [5.74, 6) is 1.38. The summed E-state index contributed by atoms with van der Waals surface area (Å²) in [4.78, 5) is 0. The highest BCUT2D eigenvalue weighted by molar-refractivity contribution is 9.10. The molecule has 1 aliphatic rings. The molecule has 1 fully saturated rings. The number of rotatable bonds is 4. The molecule has 1 saturated heterocycles. The summed E-state index contributed by atoms with van der Waals surface area (Å²) in [6, 6.07) is 5.93. The molecule has 1 unspecified atom stereocenters. The third-order valence-corrected chi connectivity index (χ3v) is 3.38. The first-order chi connectivity index (χ1) is 7.81. The lowest BCUT2D eigenvalue weighted by Crippen LogP contribution is -2.13. The molecule has 3 nitrogen and oxygen atoms in total. The molecular weight excluding hydrogens is 270 g/mol. The predicted molar refractivity (Wildman–Crippen MR) is 66.5 cm³/mol. The van der Waals surface area contributed by atoms with Gasteiger partial charge in [-0.05, 0) is 28.4 Å². The topological polar surface area (TPSA) is 44.5 Å². The summed E-state index contributed by atoms with van der Waals surface area (Å²) in [7, 11) is 0. The Morgan fingerprint density at radius 1 is 1.50 bits per heavy atom. The normalized spacial score (nSPS) is 20.0. The SMILES string of the molecule is NCc1cccc(Br)c1OCC1CCOC1. The van der Waals surface area contributed by atoms with Crippen molar-refractivity contribution in [2.24, 2.45) is 11.7 Å². The third kappa shape index (κ3) is 2.75. The van der Waals surface area contributed by atoms with Gasteiger partial charge in [0.2, 0.25) is 0 Å². The highest BCUT2D eigenvalue weighted by Gasteiger charge is 2.17. The van der Waals surface area contributed by atoms with E-state index in [1.807, 2.05) is 18.2 Å². The van der Waals surface area contributed by atoms with Gasteiger partial charge in [-0.1, -0.05) is 12.1 Å². The van der Waals surface area contributed by atoms with Gasteiger partial charge in [0.15, 0.2) is 0 Å². The van der Waals surface area contributed by atoms with Crippen molar-refractivity contribution in [1.29, 1.82) is 0 Å². The van der Waals surface area contributed by atoms with Crippen LogP contribution in [0.2, 0.25) is 0 Å². The Morgan fingerprint density at radius 2 is 2.38 bits per heavy atom. The van der Waals surface area contributed by atoms with Gasteiger partial charge in [-0.2, -0.15) is 0 Å². The number of para-hydroxylation sites is 1. The fourth-order valence-electron chi connectivity index (χ4n) is 1.79. The summed E-state index contributed by atoms with van der Waals surface area (Å²) < 4.78 is 12.1. The van der Waals surface area contributed by atoms with E-state index < -0.39 is 0 Å². The third-order valence-electron chi connectivity index (χ3n) is 2.76. The second-order valence-electron chi connectivity index (χ2n) is 3.97. The lowest BCUT2D eigenvalue weighted by molar-refractivity contribution is 0.166. The van der Waals surface area contributed by atoms with E-state index in [-0.39, 0.29) is 0 Å². The first-order valence-electron chi connectivity index (χ1n) is 5.49. The summed E-state index contributed by atoms with van der Waals surface area (Å²) >= 11 is 3.49. The molecule has 2 rings (SSSR count). The zero-order chi connectivity index (χ0) is 11.4. The van der Waals surface area contributed by atoms with Gasteiger partial charge < -0.3 is 15.2 Å². The molecule has 16 heavy (non-hydrogen) atoms. The lowest BCUT2D eigenvalue weighted by Gasteiger charge is -2.14. The quantitative estimate of drug-likeness (QED) is 0.924. The van der Waals surface area contributed by atoms with Crippen LogP contribution in [0, 0.1) is 5.92 Å². The first-order valence-corrected chi connectivity index (χ1v) is 6.28. The van der Waals surface area contributed by atoms with Crippen LogP contribution in [0.5, 0.6) is 5.75 Å². The molecule has 0 spiro atoms. The Hall–Kier alpha value is -0.580. The number of hydrogen-bond donors (Lipinski definition) is 1. The van der Waals surface area contributed by atoms with Gasteiger partial charge in [0.25, 0.3) is 0 Å². The minimum atomic E-state index is 0.496. The summed E-state index contributed by atoms with van der Waals surface area (Å²) in [6.45, 7) is 2.86. The maximum absolute atomic E-state index is 5.84. The predicted octanol–water partition coefficient (Wildman–Crippen LogP) is 2.32. The zero-order valence-corrected chi connectivity index (χ0v) is 10.7. The van der Waals surface area contributed by atoms with E-state index in [0.717, 1.165) is 35.4 Å². The van der Waals surface area contributed by atoms with Crippen LogP contribution in [0.3, 0.4) is 0 Å². The molecule has 0 aliphatic carbocycles. The molecule has 4 heteroatoms. The number of benzene rings is 1. The van der Waals surface area contributed by atoms with Gasteiger partial charge in [0.05, 0.1) is 17.7 Å². The fourth-order valence-corrected chi connectivity index (χ4v) is 2.31. The van der Waals surface area contributed by atoms with E-state index >= 15 is 0 Å². The smallest absolute Gasteiger partial charge is 0.137 e. The average molecular weight is 286 g/mol. The minimum absolute atomic E-state index is 0.496. The van der Waals surface area contributed by atoms with Crippen LogP contribution < -0.4 is 10.5 Å². The Labute approximate surface area is 104 Å². The van der Waals surface area contributed by atoms with Crippen molar-refractivity contribution in [3.63, 3.8) is 0 Å². The second kappa shape index (κ2) is 5.66. The van der Waals surface area contributed by atoms with Gasteiger partial charge in [0.1, 0.15) is 5.75 Å². The van der Waals surface area contributed by atoms with Crippen molar-refractivity contribution in [2.75, 3.05) is 19.8 Å². The van der Waals surface area contributed by atoms with E-state index in [2.05, 4.69) is 15.9 Å². The Balaban J connectivity index is 2.01. The number of halogens is 1. The van der Waals surface area contributed by atoms with Crippen LogP contribution in [0.4, 0.5) is 0 Å². The lowest BCUT2D eigenvalue weighted by atomic mass is 10.1. The van der Waals surface area contributed by atoms with Crippen molar-refractivity contribution < 1.29 is 9.47 Å². The maximum atomic E-state index is 5.84. The van der Waals surface area contributed by atoms with Crippen molar-refractivity contribution >= 4 is 15.9 Å². The van der Waals surface area contributed by atoms with Crippen LogP contribution in [0.25, 0.3) is 0 Å². The van der Waals surface area contributed by atoms with E-state index in [4.69, 9.17) is 15.2 Å². The second-order valence-corrected chi connectivity index (χ2v) is 4.83. The molecule has 1 aromatic rings. The van der Waals surface area contributed by atoms with Crippen molar-refractivity contribution in [1.82, 2.24) is 0 Å². The van der Waals surface area contributed by atoms with Crippen LogP contribution >= 0.6 is 15.9 Å². The Morgan fingerprint density at radius 3 is 3.06 bits per heavy atom. The van der Waals surface area contributed by atoms with Gasteiger partial charge in [-0.15, -0.1) is 0 Å². The highest BCUT2D eigenvalue weighted by Crippen LogP contribution is 2.29. The van der Waals surface area contributed by atoms with Crippen molar-refractivity contribution in [2.45, 2.75) is 13.0 Å². The highest BCUT2D eigenvalue weighted by atomic mass is 79.9. The van der Waals surface area contributed by atoms with Crippen molar-refractivity contribution in [3.8, 4) is 5.75 Å². The van der Waals surface area contributed by atoms with Gasteiger partial charge in [-0.3, -0.25) is 0 Å². The molecule has 88 valence electrons. The molecule has 0 saturated carbocycles. The standard InChI is InChI=1S/C12H16BrNO2/c13-11-3-1-2-10(6-14)12(11)16-8-9-4-5-15-7-9/h1-3,9H,4-8,14H2. The van der Waals surface area contributed by atoms with Gasteiger partial charge >= 0.3 is 0 Å². The molecular formula is C12H16BrNO2. The van der Waals surface area contributed by atoms with E-state index in [1.165, 1.54) is 0 Å². The zero-order valence-electron chi connectivity index (χ0n) is 9.12. The average Bonchev–Trinajstić information content (AvgIpc) is 2.80. The maximum Gasteiger partial charge on any atom is 0.137 e. The molecule has 1 heterocycles. The molecule has 1 atom stereocenters. The van der Waals surface area contributed by atoms with E-state index in [0.29, 0.717) is 19.1 Å². The molecule has 1 aromatic carbocycles. The summed E-state index contributed by atoms with van der Waals surface area (Å²) in [6.07, 6.45) is 1.09. The molecule has 0 radical (unpaired) electrons. The minimum Gasteiger partial charge on any atom is -0.492 e. The van der Waals surface area contributed by atoms with Crippen LogP contribution in [-0.2, 0) is 11.3 Å².